The molecule has 11 rings (SSSR count). The Balaban J connectivity index is 1.11. The number of fused-ring (bicyclic) bond motifs is 6. The summed E-state index contributed by atoms with van der Waals surface area (Å²) in [6.45, 7) is 0. The molecular weight excluding hydrogens is 685 g/mol. The van der Waals surface area contributed by atoms with E-state index < -0.39 is 0 Å². The molecule has 0 saturated heterocycles. The van der Waals surface area contributed by atoms with Gasteiger partial charge < -0.3 is 8.98 Å². The van der Waals surface area contributed by atoms with Crippen molar-refractivity contribution < 1.29 is 4.42 Å². The minimum absolute atomic E-state index is 0.605. The first-order valence-electron chi connectivity index (χ1n) is 18.8. The first kappa shape index (κ1) is 31.9. The molecule has 0 atom stereocenters. The van der Waals surface area contributed by atoms with E-state index in [1.165, 1.54) is 5.56 Å². The highest BCUT2D eigenvalue weighted by Crippen LogP contribution is 2.40. The first-order valence-corrected chi connectivity index (χ1v) is 18.8. The molecule has 3 aromatic heterocycles. The minimum Gasteiger partial charge on any atom is -0.456 e. The molecule has 3 heterocycles. The fraction of sp³-hybridized carbons (Fsp3) is 0. The molecule has 0 aliphatic heterocycles. The third kappa shape index (κ3) is 5.37. The van der Waals surface area contributed by atoms with Gasteiger partial charge in [0, 0.05) is 50.0 Å². The molecule has 0 unspecified atom stereocenters. The number of aromatic nitrogens is 4. The lowest BCUT2D eigenvalue weighted by molar-refractivity contribution is 0.668. The Morgan fingerprint density at radius 3 is 1.62 bits per heavy atom. The highest BCUT2D eigenvalue weighted by Gasteiger charge is 2.21. The second kappa shape index (κ2) is 13.0. The average Bonchev–Trinajstić information content (AvgIpc) is 3.82. The molecule has 5 heteroatoms. The van der Waals surface area contributed by atoms with Gasteiger partial charge >= 0.3 is 0 Å². The number of benzene rings is 8. The van der Waals surface area contributed by atoms with Crippen molar-refractivity contribution in [1.82, 2.24) is 19.5 Å². The maximum absolute atomic E-state index is 6.54. The van der Waals surface area contributed by atoms with Crippen LogP contribution in [0, 0.1) is 0 Å². The second-order valence-electron chi connectivity index (χ2n) is 14.0. The quantitative estimate of drug-likeness (QED) is 0.172. The molecule has 0 bridgehead atoms. The topological polar surface area (TPSA) is 56.7 Å². The number of furan rings is 1. The van der Waals surface area contributed by atoms with E-state index in [1.807, 2.05) is 42.5 Å². The third-order valence-corrected chi connectivity index (χ3v) is 10.7. The van der Waals surface area contributed by atoms with Crippen LogP contribution in [0.5, 0.6) is 0 Å². The van der Waals surface area contributed by atoms with E-state index in [1.54, 1.807) is 0 Å². The highest BCUT2D eigenvalue weighted by molar-refractivity contribution is 6.14. The van der Waals surface area contributed by atoms with Gasteiger partial charge in [-0.2, -0.15) is 0 Å². The summed E-state index contributed by atoms with van der Waals surface area (Å²) in [5.74, 6) is 1.84. The Kier molecular flexibility index (Phi) is 7.42. The lowest BCUT2D eigenvalue weighted by atomic mass is 10.0. The summed E-state index contributed by atoms with van der Waals surface area (Å²) in [6, 6.07) is 67.4. The summed E-state index contributed by atoms with van der Waals surface area (Å²) >= 11 is 0. The SMILES string of the molecule is c1ccc(-c2ccc(-c3nc(-c4ccccc4)nc(-c4cccc5c6ccccc6n(-c6ccc7c(c6)oc6ccc(-c8ccccc8)cc67)c45)n3)cc2)cc1. The summed E-state index contributed by atoms with van der Waals surface area (Å²) in [4.78, 5) is 15.4. The maximum atomic E-state index is 6.54. The van der Waals surface area contributed by atoms with Gasteiger partial charge in [-0.05, 0) is 58.7 Å². The molecule has 0 saturated carbocycles. The molecule has 0 radical (unpaired) electrons. The largest absolute Gasteiger partial charge is 0.456 e. The smallest absolute Gasteiger partial charge is 0.166 e. The maximum Gasteiger partial charge on any atom is 0.166 e. The van der Waals surface area contributed by atoms with Gasteiger partial charge in [0.05, 0.1) is 11.0 Å². The fourth-order valence-corrected chi connectivity index (χ4v) is 7.97. The van der Waals surface area contributed by atoms with Gasteiger partial charge in [-0.3, -0.25) is 0 Å². The zero-order chi connectivity index (χ0) is 37.0. The van der Waals surface area contributed by atoms with Crippen LogP contribution in [0.15, 0.2) is 199 Å². The standard InChI is InChI=1S/C51H32N4O/c1-4-13-33(14-5-1)35-23-25-37(26-24-35)50-52-49(36-17-8-3-9-18-36)53-51(54-50)43-21-12-20-42-40-19-10-11-22-45(40)55(48(42)43)39-28-29-41-44-31-38(34-15-6-2-7-16-34)27-30-46(44)56-47(41)32-39/h1-32H. The monoisotopic (exact) mass is 716 g/mol. The van der Waals surface area contributed by atoms with Gasteiger partial charge in [0.15, 0.2) is 17.5 Å². The molecular formula is C51H32N4O. The zero-order valence-corrected chi connectivity index (χ0v) is 30.2. The molecule has 0 aliphatic carbocycles. The molecule has 11 aromatic rings. The fourth-order valence-electron chi connectivity index (χ4n) is 7.97. The Bertz CT molecular complexity index is 3220. The molecule has 56 heavy (non-hydrogen) atoms. The zero-order valence-electron chi connectivity index (χ0n) is 30.2. The van der Waals surface area contributed by atoms with Crippen LogP contribution < -0.4 is 0 Å². The molecule has 0 aliphatic rings. The molecule has 0 amide bonds. The number of hydrogen-bond acceptors (Lipinski definition) is 4. The number of hydrogen-bond donors (Lipinski definition) is 0. The number of rotatable bonds is 6. The van der Waals surface area contributed by atoms with Crippen molar-refractivity contribution in [3.63, 3.8) is 0 Å². The number of nitrogens with zero attached hydrogens (tertiary/aromatic N) is 4. The van der Waals surface area contributed by atoms with E-state index in [9.17, 15) is 0 Å². The molecule has 262 valence electrons. The lowest BCUT2D eigenvalue weighted by Gasteiger charge is -2.13. The van der Waals surface area contributed by atoms with E-state index in [-0.39, 0.29) is 0 Å². The van der Waals surface area contributed by atoms with Crippen molar-refractivity contribution in [2.45, 2.75) is 0 Å². The molecule has 0 N–H and O–H groups in total. The van der Waals surface area contributed by atoms with Crippen LogP contribution in [0.2, 0.25) is 0 Å². The Morgan fingerprint density at radius 1 is 0.339 bits per heavy atom. The summed E-state index contributed by atoms with van der Waals surface area (Å²) in [7, 11) is 0. The van der Waals surface area contributed by atoms with Gasteiger partial charge in [-0.1, -0.05) is 152 Å². The normalized spacial score (nSPS) is 11.6. The van der Waals surface area contributed by atoms with Gasteiger partial charge in [0.1, 0.15) is 11.2 Å². The minimum atomic E-state index is 0.605. The lowest BCUT2D eigenvalue weighted by Crippen LogP contribution is -2.02. The van der Waals surface area contributed by atoms with E-state index >= 15 is 0 Å². The summed E-state index contributed by atoms with van der Waals surface area (Å²) < 4.78 is 8.86. The highest BCUT2D eigenvalue weighted by atomic mass is 16.3. The van der Waals surface area contributed by atoms with Crippen molar-refractivity contribution >= 4 is 43.7 Å². The van der Waals surface area contributed by atoms with Crippen LogP contribution in [0.25, 0.3) is 106 Å². The Hall–Kier alpha value is -7.63. The Morgan fingerprint density at radius 2 is 0.893 bits per heavy atom. The van der Waals surface area contributed by atoms with Crippen LogP contribution in [0.1, 0.15) is 0 Å². The van der Waals surface area contributed by atoms with Crippen LogP contribution in [-0.2, 0) is 0 Å². The van der Waals surface area contributed by atoms with Gasteiger partial charge in [0.25, 0.3) is 0 Å². The van der Waals surface area contributed by atoms with Crippen LogP contribution >= 0.6 is 0 Å². The van der Waals surface area contributed by atoms with E-state index in [0.717, 1.165) is 82.8 Å². The van der Waals surface area contributed by atoms with Gasteiger partial charge in [-0.15, -0.1) is 0 Å². The predicted molar refractivity (Wildman–Crippen MR) is 229 cm³/mol. The molecule has 0 spiro atoms. The third-order valence-electron chi connectivity index (χ3n) is 10.7. The van der Waals surface area contributed by atoms with Gasteiger partial charge in [-0.25, -0.2) is 15.0 Å². The summed E-state index contributed by atoms with van der Waals surface area (Å²) in [5.41, 5.74) is 12.2. The molecule has 0 fully saturated rings. The summed E-state index contributed by atoms with van der Waals surface area (Å²) in [5, 5.41) is 4.44. The molecule has 5 nitrogen and oxygen atoms in total. The van der Waals surface area contributed by atoms with Crippen molar-refractivity contribution in [3.8, 4) is 62.1 Å². The van der Waals surface area contributed by atoms with E-state index in [2.05, 4.69) is 156 Å². The van der Waals surface area contributed by atoms with Crippen molar-refractivity contribution in [2.75, 3.05) is 0 Å². The average molecular weight is 717 g/mol. The van der Waals surface area contributed by atoms with E-state index in [0.29, 0.717) is 17.5 Å². The van der Waals surface area contributed by atoms with Gasteiger partial charge in [0.2, 0.25) is 0 Å². The molecule has 8 aromatic carbocycles. The summed E-state index contributed by atoms with van der Waals surface area (Å²) in [6.07, 6.45) is 0. The first-order chi connectivity index (χ1) is 27.7. The number of para-hydroxylation sites is 2. The predicted octanol–water partition coefficient (Wildman–Crippen LogP) is 13.2. The van der Waals surface area contributed by atoms with Crippen LogP contribution in [-0.4, -0.2) is 19.5 Å². The van der Waals surface area contributed by atoms with E-state index in [4.69, 9.17) is 19.4 Å². The van der Waals surface area contributed by atoms with Crippen molar-refractivity contribution in [1.29, 1.82) is 0 Å². The second-order valence-corrected chi connectivity index (χ2v) is 14.0. The van der Waals surface area contributed by atoms with Crippen LogP contribution in [0.3, 0.4) is 0 Å². The van der Waals surface area contributed by atoms with Crippen molar-refractivity contribution in [3.05, 3.63) is 194 Å². The Labute approximate surface area is 322 Å². The van der Waals surface area contributed by atoms with Crippen LogP contribution in [0.4, 0.5) is 0 Å². The van der Waals surface area contributed by atoms with Crippen molar-refractivity contribution in [2.24, 2.45) is 0 Å².